The summed E-state index contributed by atoms with van der Waals surface area (Å²) < 4.78 is 57.9. The fourth-order valence-corrected chi connectivity index (χ4v) is 8.90. The van der Waals surface area contributed by atoms with Gasteiger partial charge in [-0.15, -0.1) is 0 Å². The number of carbonyl (C=O) groups is 2. The predicted molar refractivity (Wildman–Crippen MR) is 236 cm³/mol. The summed E-state index contributed by atoms with van der Waals surface area (Å²) in [5.74, 6) is -1.40. The topological polar surface area (TPSA) is 108 Å². The van der Waals surface area contributed by atoms with Crippen LogP contribution in [0.4, 0.5) is 13.6 Å². The Morgan fingerprint density at radius 3 is 2.31 bits per heavy atom. The molecule has 1 N–H and O–H groups in total. The van der Waals surface area contributed by atoms with E-state index in [-0.39, 0.29) is 41.0 Å². The highest BCUT2D eigenvalue weighted by Gasteiger charge is 2.50. The SMILES string of the molecule is Cc1c(CC2(NC(=O)C3=C(c4ccc(CCCOc5c(F)ccc(F)c5Cl)cc4)CC4COC[C@H]3N4C(=O)OC(C)(C)C)CC2)ccnc1OCCCO[Si](C)(C)C(C)(C)C. The summed E-state index contributed by atoms with van der Waals surface area (Å²) in [4.78, 5) is 34.8. The number of pyridine rings is 1. The van der Waals surface area contributed by atoms with E-state index in [0.29, 0.717) is 57.0 Å². The Labute approximate surface area is 365 Å². The fraction of sp³-hybridized carbons (Fsp3) is 0.553. The summed E-state index contributed by atoms with van der Waals surface area (Å²) >= 11 is 5.92. The number of aryl methyl sites for hydroxylation is 1. The Kier molecular flexibility index (Phi) is 14.3. The summed E-state index contributed by atoms with van der Waals surface area (Å²) in [6, 6.07) is 11.0. The molecule has 2 fully saturated rings. The van der Waals surface area contributed by atoms with Crippen molar-refractivity contribution in [3.05, 3.63) is 93.1 Å². The van der Waals surface area contributed by atoms with E-state index in [1.807, 2.05) is 58.0 Å². The normalized spacial score (nSPS) is 18.8. The molecule has 1 unspecified atom stereocenters. The second kappa shape index (κ2) is 18.7. The van der Waals surface area contributed by atoms with Crippen LogP contribution in [-0.4, -0.2) is 86.5 Å². The van der Waals surface area contributed by atoms with Crippen molar-refractivity contribution in [1.29, 1.82) is 0 Å². The van der Waals surface area contributed by atoms with Gasteiger partial charge in [0.1, 0.15) is 16.4 Å². The van der Waals surface area contributed by atoms with Crippen molar-refractivity contribution in [2.75, 3.05) is 33.0 Å². The summed E-state index contributed by atoms with van der Waals surface area (Å²) in [7, 11) is -1.84. The molecule has 2 amide bonds. The highest BCUT2D eigenvalue weighted by molar-refractivity contribution is 6.74. The lowest BCUT2D eigenvalue weighted by atomic mass is 9.83. The third kappa shape index (κ3) is 11.3. The van der Waals surface area contributed by atoms with Gasteiger partial charge in [0.25, 0.3) is 0 Å². The van der Waals surface area contributed by atoms with Crippen molar-refractivity contribution < 1.29 is 41.7 Å². The number of benzene rings is 2. The molecule has 332 valence electrons. The van der Waals surface area contributed by atoms with Crippen molar-refractivity contribution in [2.24, 2.45) is 0 Å². The standard InChI is InChI=1S/C47H62ClF2N3O7Si/c1-30-33(19-22-51-43(30)58-24-11-25-59-61(8,9)46(5,6)7)27-47(20-21-47)52-42(54)39-35(26-34-28-56-29-38(39)53(34)44(55)60-45(2,3)4)32-15-13-31(14-16-32)12-10-23-57-41-37(50)18-17-36(49)40(41)48/h13-19,22,34,38H,10-12,20-21,23-29H2,1-9H3,(H,52,54)/t34?,38-/m1/s1. The number of morpholine rings is 1. The first-order valence-electron chi connectivity index (χ1n) is 21.4. The molecule has 10 nitrogen and oxygen atoms in total. The molecule has 6 rings (SSSR count). The first-order chi connectivity index (χ1) is 28.7. The molecule has 1 aromatic heterocycles. The Balaban J connectivity index is 1.18. The zero-order chi connectivity index (χ0) is 44.3. The van der Waals surface area contributed by atoms with E-state index in [1.165, 1.54) is 0 Å². The molecule has 0 radical (unpaired) electrons. The molecule has 61 heavy (non-hydrogen) atoms. The van der Waals surface area contributed by atoms with Crippen LogP contribution in [-0.2, 0) is 31.5 Å². The molecule has 2 atom stereocenters. The van der Waals surface area contributed by atoms with Gasteiger partial charge in [-0.3, -0.25) is 9.69 Å². The van der Waals surface area contributed by atoms with Gasteiger partial charge < -0.3 is 28.7 Å². The highest BCUT2D eigenvalue weighted by Crippen LogP contribution is 2.43. The van der Waals surface area contributed by atoms with Crippen molar-refractivity contribution in [3.63, 3.8) is 0 Å². The van der Waals surface area contributed by atoms with Gasteiger partial charge in [-0.2, -0.15) is 0 Å². The van der Waals surface area contributed by atoms with Crippen molar-refractivity contribution in [3.8, 4) is 11.6 Å². The Hall–Kier alpha value is -4.04. The van der Waals surface area contributed by atoms with Crippen LogP contribution in [0.2, 0.25) is 23.2 Å². The van der Waals surface area contributed by atoms with Crippen molar-refractivity contribution in [2.45, 2.75) is 135 Å². The minimum absolute atomic E-state index is 0.142. The van der Waals surface area contributed by atoms with Gasteiger partial charge in [0.05, 0.1) is 38.5 Å². The highest BCUT2D eigenvalue weighted by atomic mass is 35.5. The minimum Gasteiger partial charge on any atom is -0.489 e. The van der Waals surface area contributed by atoms with Gasteiger partial charge in [-0.05, 0) is 125 Å². The zero-order valence-electron chi connectivity index (χ0n) is 37.1. The number of hydrogen-bond acceptors (Lipinski definition) is 8. The number of aromatic nitrogens is 1. The van der Waals surface area contributed by atoms with Gasteiger partial charge in [-0.1, -0.05) is 56.6 Å². The molecule has 3 aromatic rings. The average Bonchev–Trinajstić information content (AvgIpc) is 3.94. The van der Waals surface area contributed by atoms with Gasteiger partial charge in [-0.25, -0.2) is 18.6 Å². The lowest BCUT2D eigenvalue weighted by Gasteiger charge is -2.47. The second-order valence-corrected chi connectivity index (χ2v) is 24.3. The lowest BCUT2D eigenvalue weighted by molar-refractivity contribution is -0.120. The number of hydrogen-bond donors (Lipinski definition) is 1. The quantitative estimate of drug-likeness (QED) is 0.0861. The third-order valence-corrected chi connectivity index (χ3v) is 17.1. The molecule has 14 heteroatoms. The fourth-order valence-electron chi connectivity index (χ4n) is 7.61. The van der Waals surface area contributed by atoms with E-state index in [4.69, 9.17) is 35.0 Å². The zero-order valence-corrected chi connectivity index (χ0v) is 38.9. The number of rotatable bonds is 16. The van der Waals surface area contributed by atoms with E-state index < -0.39 is 43.2 Å². The van der Waals surface area contributed by atoms with Gasteiger partial charge in [0, 0.05) is 35.9 Å². The summed E-state index contributed by atoms with van der Waals surface area (Å²) in [6.07, 6.45) is 5.82. The number of amides is 2. The van der Waals surface area contributed by atoms with Crippen LogP contribution < -0.4 is 14.8 Å². The molecule has 1 aliphatic carbocycles. The molecule has 0 spiro atoms. The van der Waals surface area contributed by atoms with Gasteiger partial charge in [0.2, 0.25) is 11.8 Å². The van der Waals surface area contributed by atoms with E-state index in [0.717, 1.165) is 59.2 Å². The van der Waals surface area contributed by atoms with Crippen LogP contribution in [0.15, 0.2) is 54.2 Å². The number of nitrogens with one attached hydrogen (secondary N) is 1. The average molecular weight is 883 g/mol. The van der Waals surface area contributed by atoms with E-state index in [2.05, 4.69) is 44.2 Å². The summed E-state index contributed by atoms with van der Waals surface area (Å²) in [5.41, 5.74) is 4.06. The molecule has 1 saturated carbocycles. The van der Waals surface area contributed by atoms with Crippen molar-refractivity contribution >= 4 is 37.5 Å². The molecule has 2 aromatic carbocycles. The molecule has 3 heterocycles. The van der Waals surface area contributed by atoms with Crippen LogP contribution in [0.3, 0.4) is 0 Å². The molecule has 1 saturated heterocycles. The molecular formula is C47H62ClF2N3O7Si. The number of ether oxygens (including phenoxy) is 4. The smallest absolute Gasteiger partial charge is 0.411 e. The number of halogens is 3. The maximum Gasteiger partial charge on any atom is 0.411 e. The van der Waals surface area contributed by atoms with E-state index >= 15 is 0 Å². The van der Waals surface area contributed by atoms with E-state index in [9.17, 15) is 18.4 Å². The molecular weight excluding hydrogens is 820 g/mol. The minimum atomic E-state index is -1.84. The molecule has 3 aliphatic rings. The first kappa shape index (κ1) is 46.5. The third-order valence-electron chi connectivity index (χ3n) is 12.3. The lowest BCUT2D eigenvalue weighted by Crippen LogP contribution is -2.61. The largest absolute Gasteiger partial charge is 0.489 e. The van der Waals surface area contributed by atoms with Crippen LogP contribution in [0, 0.1) is 18.6 Å². The van der Waals surface area contributed by atoms with Crippen LogP contribution in [0.25, 0.3) is 5.57 Å². The monoisotopic (exact) mass is 881 g/mol. The first-order valence-corrected chi connectivity index (χ1v) is 24.7. The molecule has 2 aliphatic heterocycles. The van der Waals surface area contributed by atoms with E-state index in [1.54, 1.807) is 11.1 Å². The predicted octanol–water partition coefficient (Wildman–Crippen LogP) is 10.2. The second-order valence-electron chi connectivity index (χ2n) is 19.1. The van der Waals surface area contributed by atoms with Gasteiger partial charge >= 0.3 is 6.09 Å². The number of carbonyl (C=O) groups excluding carboxylic acids is 2. The molecule has 2 bridgehead atoms. The summed E-state index contributed by atoms with van der Waals surface area (Å²) in [5, 5.41) is 3.19. The Morgan fingerprint density at radius 1 is 0.951 bits per heavy atom. The van der Waals surface area contributed by atoms with Crippen molar-refractivity contribution in [1.82, 2.24) is 15.2 Å². The summed E-state index contributed by atoms with van der Waals surface area (Å²) in [6.45, 7) is 20.4. The maximum atomic E-state index is 14.8. The van der Waals surface area contributed by atoms with Gasteiger partial charge in [0.15, 0.2) is 19.9 Å². The van der Waals surface area contributed by atoms with Crippen LogP contribution in [0.1, 0.15) is 95.9 Å². The Morgan fingerprint density at radius 2 is 1.64 bits per heavy atom. The number of nitrogens with zero attached hydrogens (tertiary/aromatic N) is 2. The van der Waals surface area contributed by atoms with Crippen LogP contribution >= 0.6 is 11.6 Å². The van der Waals surface area contributed by atoms with Crippen LogP contribution in [0.5, 0.6) is 11.6 Å². The Bertz CT molecular complexity index is 2100. The maximum absolute atomic E-state index is 14.8. The number of fused-ring (bicyclic) bond motifs is 2.